The van der Waals surface area contributed by atoms with Crippen LogP contribution in [0.2, 0.25) is 0 Å². The zero-order valence-electron chi connectivity index (χ0n) is 13.8. The summed E-state index contributed by atoms with van der Waals surface area (Å²) in [5, 5.41) is 2.99. The van der Waals surface area contributed by atoms with Crippen molar-refractivity contribution in [3.05, 3.63) is 29.3 Å². The lowest BCUT2D eigenvalue weighted by Crippen LogP contribution is -2.41. The average Bonchev–Trinajstić information content (AvgIpc) is 2.94. The molecule has 0 spiro atoms. The van der Waals surface area contributed by atoms with E-state index >= 15 is 0 Å². The number of carbonyl (C=O) groups is 2. The molecule has 2 aliphatic heterocycles. The molecule has 2 amide bonds. The number of anilines is 1. The lowest BCUT2D eigenvalue weighted by molar-refractivity contribution is -0.131. The Morgan fingerprint density at radius 3 is 2.74 bits per heavy atom. The van der Waals surface area contributed by atoms with Crippen molar-refractivity contribution in [2.75, 3.05) is 25.1 Å². The molecule has 1 atom stereocenters. The second-order valence-electron chi connectivity index (χ2n) is 6.60. The van der Waals surface area contributed by atoms with Gasteiger partial charge in [0.15, 0.2) is 0 Å². The smallest absolute Gasteiger partial charge is 0.229 e. The van der Waals surface area contributed by atoms with Gasteiger partial charge in [-0.15, -0.1) is 0 Å². The second kappa shape index (κ2) is 6.71. The Balaban J connectivity index is 1.64. The summed E-state index contributed by atoms with van der Waals surface area (Å²) in [6.45, 7) is 5.91. The van der Waals surface area contributed by atoms with Crippen molar-refractivity contribution >= 4 is 17.5 Å². The van der Waals surface area contributed by atoms with Gasteiger partial charge in [-0.3, -0.25) is 9.59 Å². The number of rotatable bonds is 3. The Hall–Kier alpha value is -1.88. The Bertz CT molecular complexity index is 608. The summed E-state index contributed by atoms with van der Waals surface area (Å²) in [7, 11) is 0. The molecule has 5 heteroatoms. The van der Waals surface area contributed by atoms with E-state index in [1.54, 1.807) is 0 Å². The summed E-state index contributed by atoms with van der Waals surface area (Å²) in [6, 6.07) is 6.23. The number of nitrogens with zero attached hydrogens (tertiary/aromatic N) is 1. The summed E-state index contributed by atoms with van der Waals surface area (Å²) in [5.74, 6) is -0.218. The predicted molar refractivity (Wildman–Crippen MR) is 88.2 cm³/mol. The van der Waals surface area contributed by atoms with Gasteiger partial charge in [-0.05, 0) is 43.9 Å². The summed E-state index contributed by atoms with van der Waals surface area (Å²) in [5.41, 5.74) is 2.98. The van der Waals surface area contributed by atoms with E-state index in [2.05, 4.69) is 5.32 Å². The number of hydrogen-bond acceptors (Lipinski definition) is 3. The van der Waals surface area contributed by atoms with Crippen molar-refractivity contribution < 1.29 is 14.3 Å². The molecular formula is C18H24N2O3. The normalized spacial score (nSPS) is 22.4. The molecule has 2 saturated heterocycles. The maximum absolute atomic E-state index is 12.5. The quantitative estimate of drug-likeness (QED) is 0.930. The van der Waals surface area contributed by atoms with E-state index < -0.39 is 0 Å². The highest BCUT2D eigenvalue weighted by atomic mass is 16.5. The van der Waals surface area contributed by atoms with Gasteiger partial charge in [0, 0.05) is 37.9 Å². The van der Waals surface area contributed by atoms with E-state index in [0.29, 0.717) is 26.2 Å². The van der Waals surface area contributed by atoms with Gasteiger partial charge in [0.25, 0.3) is 0 Å². The van der Waals surface area contributed by atoms with Crippen molar-refractivity contribution in [2.45, 2.75) is 39.2 Å². The fourth-order valence-electron chi connectivity index (χ4n) is 3.36. The lowest BCUT2D eigenvalue weighted by atomic mass is 10.1. The largest absolute Gasteiger partial charge is 0.381 e. The molecule has 1 aromatic carbocycles. The molecule has 0 aliphatic carbocycles. The van der Waals surface area contributed by atoms with Gasteiger partial charge in [0.2, 0.25) is 11.8 Å². The monoisotopic (exact) mass is 316 g/mol. The van der Waals surface area contributed by atoms with Crippen molar-refractivity contribution in [1.29, 1.82) is 0 Å². The zero-order valence-corrected chi connectivity index (χ0v) is 13.8. The third-order valence-corrected chi connectivity index (χ3v) is 4.81. The van der Waals surface area contributed by atoms with Crippen LogP contribution in [0.15, 0.2) is 18.2 Å². The number of carbonyl (C=O) groups excluding carboxylic acids is 2. The van der Waals surface area contributed by atoms with E-state index in [9.17, 15) is 9.59 Å². The first kappa shape index (κ1) is 16.0. The standard InChI is InChI=1S/C18H24N2O3/c1-12-3-4-13(2)16(9-12)19-18(22)14-10-17(21)20(11-14)15-5-7-23-8-6-15/h3-4,9,14-15H,5-8,10-11H2,1-2H3,(H,19,22). The Morgan fingerprint density at radius 2 is 2.00 bits per heavy atom. The van der Waals surface area contributed by atoms with Crippen LogP contribution < -0.4 is 5.32 Å². The first-order chi connectivity index (χ1) is 11.0. The van der Waals surface area contributed by atoms with E-state index in [4.69, 9.17) is 4.74 Å². The highest BCUT2D eigenvalue weighted by Gasteiger charge is 2.38. The molecule has 0 radical (unpaired) electrons. The molecule has 23 heavy (non-hydrogen) atoms. The number of hydrogen-bond donors (Lipinski definition) is 1. The number of benzene rings is 1. The van der Waals surface area contributed by atoms with E-state index in [-0.39, 0.29) is 23.8 Å². The molecule has 0 aromatic heterocycles. The molecule has 2 fully saturated rings. The van der Waals surface area contributed by atoms with Crippen LogP contribution in [0.25, 0.3) is 0 Å². The lowest BCUT2D eigenvalue weighted by Gasteiger charge is -2.31. The third-order valence-electron chi connectivity index (χ3n) is 4.81. The summed E-state index contributed by atoms with van der Waals surface area (Å²) in [4.78, 5) is 26.7. The summed E-state index contributed by atoms with van der Waals surface area (Å²) >= 11 is 0. The van der Waals surface area contributed by atoms with Crippen LogP contribution in [-0.2, 0) is 14.3 Å². The van der Waals surface area contributed by atoms with Crippen LogP contribution in [0.3, 0.4) is 0 Å². The minimum absolute atomic E-state index is 0.0541. The molecule has 1 N–H and O–H groups in total. The van der Waals surface area contributed by atoms with E-state index in [0.717, 1.165) is 29.7 Å². The number of amides is 2. The van der Waals surface area contributed by atoms with Gasteiger partial charge in [-0.2, -0.15) is 0 Å². The van der Waals surface area contributed by atoms with E-state index in [1.165, 1.54) is 0 Å². The SMILES string of the molecule is Cc1ccc(C)c(NC(=O)C2CC(=O)N(C3CCOCC3)C2)c1. The fourth-order valence-corrected chi connectivity index (χ4v) is 3.36. The topological polar surface area (TPSA) is 58.6 Å². The molecule has 0 bridgehead atoms. The second-order valence-corrected chi connectivity index (χ2v) is 6.60. The minimum atomic E-state index is -0.259. The fraction of sp³-hybridized carbons (Fsp3) is 0.556. The number of nitrogens with one attached hydrogen (secondary N) is 1. The Labute approximate surface area is 137 Å². The molecule has 2 heterocycles. The van der Waals surface area contributed by atoms with Crippen molar-refractivity contribution in [3.8, 4) is 0 Å². The van der Waals surface area contributed by atoms with Crippen molar-refractivity contribution in [1.82, 2.24) is 4.90 Å². The molecule has 2 aliphatic rings. The Kier molecular flexibility index (Phi) is 4.66. The van der Waals surface area contributed by atoms with Crippen molar-refractivity contribution in [3.63, 3.8) is 0 Å². The molecular weight excluding hydrogens is 292 g/mol. The van der Waals surface area contributed by atoms with Crippen LogP contribution in [-0.4, -0.2) is 42.5 Å². The number of likely N-dealkylation sites (tertiary alicyclic amines) is 1. The molecule has 3 rings (SSSR count). The first-order valence-corrected chi connectivity index (χ1v) is 8.30. The van der Waals surface area contributed by atoms with Gasteiger partial charge >= 0.3 is 0 Å². The maximum atomic E-state index is 12.5. The molecule has 1 unspecified atom stereocenters. The van der Waals surface area contributed by atoms with Crippen LogP contribution in [0.4, 0.5) is 5.69 Å². The maximum Gasteiger partial charge on any atom is 0.229 e. The van der Waals surface area contributed by atoms with E-state index in [1.807, 2.05) is 36.9 Å². The molecule has 1 aromatic rings. The van der Waals surface area contributed by atoms with Crippen LogP contribution in [0, 0.1) is 19.8 Å². The highest BCUT2D eigenvalue weighted by Crippen LogP contribution is 2.26. The summed E-state index contributed by atoms with van der Waals surface area (Å²) < 4.78 is 5.35. The number of ether oxygens (including phenoxy) is 1. The zero-order chi connectivity index (χ0) is 16.4. The van der Waals surface area contributed by atoms with Gasteiger partial charge in [-0.1, -0.05) is 12.1 Å². The average molecular weight is 316 g/mol. The minimum Gasteiger partial charge on any atom is -0.381 e. The third kappa shape index (κ3) is 3.55. The highest BCUT2D eigenvalue weighted by molar-refractivity contribution is 5.97. The molecule has 0 saturated carbocycles. The van der Waals surface area contributed by atoms with Crippen LogP contribution >= 0.6 is 0 Å². The van der Waals surface area contributed by atoms with Crippen LogP contribution in [0.1, 0.15) is 30.4 Å². The molecule has 124 valence electrons. The Morgan fingerprint density at radius 1 is 1.26 bits per heavy atom. The van der Waals surface area contributed by atoms with Crippen molar-refractivity contribution in [2.24, 2.45) is 5.92 Å². The van der Waals surface area contributed by atoms with Gasteiger partial charge in [0.1, 0.15) is 0 Å². The van der Waals surface area contributed by atoms with Gasteiger partial charge in [0.05, 0.1) is 5.92 Å². The molecule has 5 nitrogen and oxygen atoms in total. The first-order valence-electron chi connectivity index (χ1n) is 8.30. The summed E-state index contributed by atoms with van der Waals surface area (Å²) in [6.07, 6.45) is 2.06. The van der Waals surface area contributed by atoms with Gasteiger partial charge < -0.3 is 15.0 Å². The van der Waals surface area contributed by atoms with Crippen LogP contribution in [0.5, 0.6) is 0 Å². The predicted octanol–water partition coefficient (Wildman–Crippen LogP) is 2.27. The number of aryl methyl sites for hydroxylation is 2. The van der Waals surface area contributed by atoms with Gasteiger partial charge in [-0.25, -0.2) is 0 Å².